The molecule has 160 valence electrons. The van der Waals surface area contributed by atoms with Crippen molar-refractivity contribution in [1.29, 1.82) is 0 Å². The molecule has 0 N–H and O–H groups in total. The Kier molecular flexibility index (Phi) is 5.26. The van der Waals surface area contributed by atoms with Crippen molar-refractivity contribution in [3.05, 3.63) is 94.0 Å². The number of benzene rings is 3. The van der Waals surface area contributed by atoms with E-state index < -0.39 is 5.60 Å². The number of carbonyl (C=O) groups excluding carboxylic acids is 1. The van der Waals surface area contributed by atoms with Gasteiger partial charge in [-0.3, -0.25) is 0 Å². The van der Waals surface area contributed by atoms with E-state index in [9.17, 15) is 4.79 Å². The Morgan fingerprint density at radius 2 is 1.42 bits per heavy atom. The molecule has 1 aliphatic heterocycles. The number of hydrogen-bond donors (Lipinski definition) is 0. The number of rotatable bonds is 5. The minimum atomic E-state index is -0.960. The number of aryl methyl sites for hydroxylation is 2. The van der Waals surface area contributed by atoms with Crippen LogP contribution in [0.3, 0.4) is 0 Å². The molecular formula is C27H30N2O2. The first-order valence-corrected chi connectivity index (χ1v) is 10.7. The highest BCUT2D eigenvalue weighted by molar-refractivity contribution is 5.97. The van der Waals surface area contributed by atoms with E-state index in [1.54, 1.807) is 0 Å². The Labute approximate surface area is 185 Å². The van der Waals surface area contributed by atoms with E-state index in [0.717, 1.165) is 40.0 Å². The molecule has 4 heteroatoms. The van der Waals surface area contributed by atoms with E-state index in [0.29, 0.717) is 5.56 Å². The van der Waals surface area contributed by atoms with Crippen molar-refractivity contribution < 1.29 is 9.53 Å². The van der Waals surface area contributed by atoms with Crippen molar-refractivity contribution in [2.75, 3.05) is 38.0 Å². The van der Waals surface area contributed by atoms with Crippen LogP contribution in [-0.4, -0.2) is 34.2 Å². The predicted octanol–water partition coefficient (Wildman–Crippen LogP) is 5.15. The molecule has 0 radical (unpaired) electrons. The topological polar surface area (TPSA) is 32.8 Å². The SMILES string of the molecule is CCc1ccc(C2(c3ccc(N(C)C)cc3)OC(=O)c3cc(N(C)C)ccc32)c(C)c1. The molecule has 0 fully saturated rings. The number of carbonyl (C=O) groups is 1. The second kappa shape index (κ2) is 7.77. The van der Waals surface area contributed by atoms with E-state index in [1.807, 2.05) is 45.2 Å². The van der Waals surface area contributed by atoms with Gasteiger partial charge in [-0.15, -0.1) is 0 Å². The van der Waals surface area contributed by atoms with Gasteiger partial charge in [-0.25, -0.2) is 4.79 Å². The van der Waals surface area contributed by atoms with Gasteiger partial charge in [0.2, 0.25) is 0 Å². The molecule has 0 bridgehead atoms. The second-order valence-electron chi connectivity index (χ2n) is 8.64. The van der Waals surface area contributed by atoms with E-state index in [2.05, 4.69) is 67.3 Å². The minimum Gasteiger partial charge on any atom is -0.441 e. The number of esters is 1. The minimum absolute atomic E-state index is 0.283. The van der Waals surface area contributed by atoms with Gasteiger partial charge in [0, 0.05) is 56.3 Å². The van der Waals surface area contributed by atoms with Crippen molar-refractivity contribution in [2.45, 2.75) is 25.9 Å². The summed E-state index contributed by atoms with van der Waals surface area (Å²) in [6.45, 7) is 4.25. The maximum Gasteiger partial charge on any atom is 0.340 e. The van der Waals surface area contributed by atoms with Crippen molar-refractivity contribution in [2.24, 2.45) is 0 Å². The van der Waals surface area contributed by atoms with Crippen LogP contribution in [0, 0.1) is 6.92 Å². The average molecular weight is 415 g/mol. The smallest absolute Gasteiger partial charge is 0.340 e. The van der Waals surface area contributed by atoms with Gasteiger partial charge in [-0.2, -0.15) is 0 Å². The van der Waals surface area contributed by atoms with Gasteiger partial charge in [0.05, 0.1) is 5.56 Å². The van der Waals surface area contributed by atoms with Crippen molar-refractivity contribution >= 4 is 17.3 Å². The third kappa shape index (κ3) is 3.36. The first-order valence-electron chi connectivity index (χ1n) is 10.7. The number of nitrogens with zero attached hydrogens (tertiary/aromatic N) is 2. The molecule has 3 aromatic rings. The van der Waals surface area contributed by atoms with E-state index >= 15 is 0 Å². The maximum absolute atomic E-state index is 13.2. The molecule has 0 spiro atoms. The Morgan fingerprint density at radius 3 is 2.00 bits per heavy atom. The number of hydrogen-bond acceptors (Lipinski definition) is 4. The van der Waals surface area contributed by atoms with Crippen LogP contribution in [0.5, 0.6) is 0 Å². The summed E-state index contributed by atoms with van der Waals surface area (Å²) < 4.78 is 6.31. The molecular weight excluding hydrogens is 384 g/mol. The van der Waals surface area contributed by atoms with Crippen LogP contribution in [0.25, 0.3) is 0 Å². The fourth-order valence-electron chi connectivity index (χ4n) is 4.44. The monoisotopic (exact) mass is 414 g/mol. The molecule has 0 amide bonds. The zero-order valence-corrected chi connectivity index (χ0v) is 19.2. The second-order valence-corrected chi connectivity index (χ2v) is 8.64. The summed E-state index contributed by atoms with van der Waals surface area (Å²) >= 11 is 0. The third-order valence-electron chi connectivity index (χ3n) is 6.23. The molecule has 31 heavy (non-hydrogen) atoms. The van der Waals surface area contributed by atoms with E-state index in [1.165, 1.54) is 5.56 Å². The van der Waals surface area contributed by atoms with Crippen molar-refractivity contribution in [3.63, 3.8) is 0 Å². The van der Waals surface area contributed by atoms with Gasteiger partial charge in [-0.05, 0) is 48.7 Å². The highest BCUT2D eigenvalue weighted by Crippen LogP contribution is 2.49. The lowest BCUT2D eigenvalue weighted by atomic mass is 9.77. The number of cyclic esters (lactones) is 1. The molecule has 4 nitrogen and oxygen atoms in total. The summed E-state index contributed by atoms with van der Waals surface area (Å²) in [7, 11) is 7.99. The Hall–Kier alpha value is -3.27. The van der Waals surface area contributed by atoms with Crippen LogP contribution in [-0.2, 0) is 16.8 Å². The Bertz CT molecular complexity index is 1130. The fraction of sp³-hybridized carbons (Fsp3) is 0.296. The summed E-state index contributed by atoms with van der Waals surface area (Å²) in [5, 5.41) is 0. The largest absolute Gasteiger partial charge is 0.441 e. The van der Waals surface area contributed by atoms with Crippen LogP contribution in [0.1, 0.15) is 45.1 Å². The van der Waals surface area contributed by atoms with Gasteiger partial charge in [-0.1, -0.05) is 43.3 Å². The number of fused-ring (bicyclic) bond motifs is 1. The summed E-state index contributed by atoms with van der Waals surface area (Å²) in [5.74, 6) is -0.283. The zero-order valence-electron chi connectivity index (χ0n) is 19.2. The summed E-state index contributed by atoms with van der Waals surface area (Å²) in [4.78, 5) is 17.2. The predicted molar refractivity (Wildman–Crippen MR) is 127 cm³/mol. The van der Waals surface area contributed by atoms with Crippen LogP contribution in [0.4, 0.5) is 11.4 Å². The summed E-state index contributed by atoms with van der Waals surface area (Å²) in [6.07, 6.45) is 0.966. The van der Waals surface area contributed by atoms with Crippen molar-refractivity contribution in [1.82, 2.24) is 0 Å². The molecule has 1 atom stereocenters. The molecule has 1 heterocycles. The zero-order chi connectivity index (χ0) is 22.3. The molecule has 0 aliphatic carbocycles. The highest BCUT2D eigenvalue weighted by Gasteiger charge is 2.49. The van der Waals surface area contributed by atoms with Gasteiger partial charge >= 0.3 is 5.97 Å². The quantitative estimate of drug-likeness (QED) is 0.541. The lowest BCUT2D eigenvalue weighted by molar-refractivity contribution is 0.0250. The van der Waals surface area contributed by atoms with E-state index in [-0.39, 0.29) is 5.97 Å². The number of ether oxygens (including phenoxy) is 1. The first kappa shape index (κ1) is 21.0. The standard InChI is InChI=1S/C27H30N2O2/c1-7-19-8-14-24(18(2)16-19)27(20-9-11-21(12-10-20)28(3)4)25-15-13-22(29(5)6)17-23(25)26(30)31-27/h8-17H,7H2,1-6H3. The third-order valence-corrected chi connectivity index (χ3v) is 6.23. The number of anilines is 2. The Morgan fingerprint density at radius 1 is 0.806 bits per heavy atom. The van der Waals surface area contributed by atoms with Crippen LogP contribution >= 0.6 is 0 Å². The highest BCUT2D eigenvalue weighted by atomic mass is 16.6. The van der Waals surface area contributed by atoms with Gasteiger partial charge in [0.15, 0.2) is 5.60 Å². The average Bonchev–Trinajstić information content (AvgIpc) is 3.06. The summed E-state index contributed by atoms with van der Waals surface area (Å²) in [5.41, 5.74) is 6.99. The molecule has 0 saturated carbocycles. The van der Waals surface area contributed by atoms with Gasteiger partial charge in [0.25, 0.3) is 0 Å². The lowest BCUT2D eigenvalue weighted by Gasteiger charge is -2.32. The molecule has 3 aromatic carbocycles. The normalized spacial score (nSPS) is 17.3. The van der Waals surface area contributed by atoms with Crippen LogP contribution in [0.2, 0.25) is 0 Å². The molecule has 0 saturated heterocycles. The maximum atomic E-state index is 13.2. The van der Waals surface area contributed by atoms with Crippen LogP contribution < -0.4 is 9.80 Å². The van der Waals surface area contributed by atoms with Crippen LogP contribution in [0.15, 0.2) is 60.7 Å². The molecule has 1 aliphatic rings. The van der Waals surface area contributed by atoms with E-state index in [4.69, 9.17) is 4.74 Å². The van der Waals surface area contributed by atoms with Crippen molar-refractivity contribution in [3.8, 4) is 0 Å². The lowest BCUT2D eigenvalue weighted by Crippen LogP contribution is -2.30. The molecule has 1 unspecified atom stereocenters. The molecule has 0 aromatic heterocycles. The Balaban J connectivity index is 2.00. The molecule has 4 rings (SSSR count). The van der Waals surface area contributed by atoms with Gasteiger partial charge in [0.1, 0.15) is 0 Å². The fourth-order valence-corrected chi connectivity index (χ4v) is 4.44. The first-order chi connectivity index (χ1) is 14.8. The summed E-state index contributed by atoms with van der Waals surface area (Å²) in [6, 6.07) is 20.8. The van der Waals surface area contributed by atoms with Gasteiger partial charge < -0.3 is 14.5 Å².